The van der Waals surface area contributed by atoms with Gasteiger partial charge in [-0.3, -0.25) is 0 Å². The Balaban J connectivity index is 2.29. The molecule has 96 valence electrons. The molecule has 1 atom stereocenters. The van der Waals surface area contributed by atoms with Crippen LogP contribution in [0.3, 0.4) is 0 Å². The molecule has 1 nitrogen and oxygen atoms in total. The van der Waals surface area contributed by atoms with Crippen LogP contribution in [-0.2, 0) is 0 Å². The standard InChI is InChI=1S/C14H15BrClNS/c1-2-3-12(17)14-7-6-13(18-14)10-5-4-9(15)8-11(10)16/h4-8,12H,2-3,17H2,1H3. The average molecular weight is 345 g/mol. The predicted molar refractivity (Wildman–Crippen MR) is 84.3 cm³/mol. The molecule has 1 unspecified atom stereocenters. The monoisotopic (exact) mass is 343 g/mol. The molecule has 0 fully saturated rings. The fraction of sp³-hybridized carbons (Fsp3) is 0.286. The Kier molecular flexibility index (Phi) is 4.84. The van der Waals surface area contributed by atoms with Gasteiger partial charge in [-0.15, -0.1) is 11.3 Å². The van der Waals surface area contributed by atoms with E-state index in [2.05, 4.69) is 35.0 Å². The number of nitrogens with two attached hydrogens (primary N) is 1. The molecule has 0 spiro atoms. The lowest BCUT2D eigenvalue weighted by atomic mass is 10.1. The van der Waals surface area contributed by atoms with Crippen LogP contribution >= 0.6 is 38.9 Å². The van der Waals surface area contributed by atoms with E-state index in [1.807, 2.05) is 18.2 Å². The van der Waals surface area contributed by atoms with E-state index in [9.17, 15) is 0 Å². The van der Waals surface area contributed by atoms with Crippen LogP contribution in [0.1, 0.15) is 30.7 Å². The third-order valence-electron chi connectivity index (χ3n) is 2.79. The van der Waals surface area contributed by atoms with Crippen LogP contribution < -0.4 is 5.73 Å². The van der Waals surface area contributed by atoms with Crippen molar-refractivity contribution in [1.82, 2.24) is 0 Å². The number of halogens is 2. The van der Waals surface area contributed by atoms with Crippen LogP contribution in [0, 0.1) is 0 Å². The molecule has 0 radical (unpaired) electrons. The number of hydrogen-bond acceptors (Lipinski definition) is 2. The van der Waals surface area contributed by atoms with Crippen LogP contribution in [0.5, 0.6) is 0 Å². The smallest absolute Gasteiger partial charge is 0.0503 e. The fourth-order valence-corrected chi connectivity index (χ4v) is 3.75. The minimum Gasteiger partial charge on any atom is -0.323 e. The topological polar surface area (TPSA) is 26.0 Å². The largest absolute Gasteiger partial charge is 0.323 e. The zero-order chi connectivity index (χ0) is 13.1. The van der Waals surface area contributed by atoms with Gasteiger partial charge in [-0.2, -0.15) is 0 Å². The molecule has 2 rings (SSSR count). The first-order chi connectivity index (χ1) is 8.61. The van der Waals surface area contributed by atoms with Crippen LogP contribution in [0.25, 0.3) is 10.4 Å². The zero-order valence-corrected chi connectivity index (χ0v) is 13.3. The highest BCUT2D eigenvalue weighted by molar-refractivity contribution is 9.10. The van der Waals surface area contributed by atoms with E-state index in [0.29, 0.717) is 0 Å². The first kappa shape index (κ1) is 14.1. The van der Waals surface area contributed by atoms with E-state index in [1.165, 1.54) is 9.75 Å². The number of hydrogen-bond donors (Lipinski definition) is 1. The molecule has 0 saturated carbocycles. The van der Waals surface area contributed by atoms with Crippen molar-refractivity contribution in [2.24, 2.45) is 5.73 Å². The second-order valence-electron chi connectivity index (χ2n) is 4.22. The highest BCUT2D eigenvalue weighted by atomic mass is 79.9. The summed E-state index contributed by atoms with van der Waals surface area (Å²) in [5.74, 6) is 0. The maximum absolute atomic E-state index is 6.26. The molecule has 2 aromatic rings. The van der Waals surface area contributed by atoms with Gasteiger partial charge in [0.2, 0.25) is 0 Å². The molecular weight excluding hydrogens is 330 g/mol. The minimum absolute atomic E-state index is 0.142. The maximum atomic E-state index is 6.26. The molecule has 0 amide bonds. The van der Waals surface area contributed by atoms with Crippen LogP contribution in [-0.4, -0.2) is 0 Å². The molecule has 1 heterocycles. The maximum Gasteiger partial charge on any atom is 0.0503 e. The summed E-state index contributed by atoms with van der Waals surface area (Å²) >= 11 is 11.4. The van der Waals surface area contributed by atoms with Crippen LogP contribution in [0.2, 0.25) is 5.02 Å². The molecular formula is C14H15BrClNS. The fourth-order valence-electron chi connectivity index (χ4n) is 1.84. The molecule has 0 bridgehead atoms. The first-order valence-corrected chi connectivity index (χ1v) is 7.91. The van der Waals surface area contributed by atoms with Crippen molar-refractivity contribution in [3.8, 4) is 10.4 Å². The highest BCUT2D eigenvalue weighted by Gasteiger charge is 2.11. The summed E-state index contributed by atoms with van der Waals surface area (Å²) < 4.78 is 0.996. The van der Waals surface area contributed by atoms with E-state index < -0.39 is 0 Å². The lowest BCUT2D eigenvalue weighted by Gasteiger charge is -2.06. The van der Waals surface area contributed by atoms with Gasteiger partial charge in [0.25, 0.3) is 0 Å². The molecule has 1 aromatic heterocycles. The molecule has 18 heavy (non-hydrogen) atoms. The van der Waals surface area contributed by atoms with Gasteiger partial charge >= 0.3 is 0 Å². The summed E-state index contributed by atoms with van der Waals surface area (Å²) in [4.78, 5) is 2.40. The average Bonchev–Trinajstić information content (AvgIpc) is 2.78. The Labute approximate surface area is 125 Å². The zero-order valence-electron chi connectivity index (χ0n) is 10.1. The van der Waals surface area contributed by atoms with Gasteiger partial charge in [0.05, 0.1) is 5.02 Å². The van der Waals surface area contributed by atoms with Crippen LogP contribution in [0.15, 0.2) is 34.8 Å². The minimum atomic E-state index is 0.142. The van der Waals surface area contributed by atoms with Crippen molar-refractivity contribution in [2.75, 3.05) is 0 Å². The van der Waals surface area contributed by atoms with Crippen molar-refractivity contribution in [2.45, 2.75) is 25.8 Å². The number of benzene rings is 1. The molecule has 0 aliphatic heterocycles. The number of rotatable bonds is 4. The molecule has 1 aromatic carbocycles. The van der Waals surface area contributed by atoms with Crippen molar-refractivity contribution in [1.29, 1.82) is 0 Å². The lowest BCUT2D eigenvalue weighted by molar-refractivity contribution is 0.648. The third-order valence-corrected chi connectivity index (χ3v) is 4.84. The quantitative estimate of drug-likeness (QED) is 0.764. The summed E-state index contributed by atoms with van der Waals surface area (Å²) in [7, 11) is 0. The summed E-state index contributed by atoms with van der Waals surface area (Å²) in [6.45, 7) is 2.15. The summed E-state index contributed by atoms with van der Waals surface area (Å²) in [6.07, 6.45) is 2.13. The van der Waals surface area contributed by atoms with Gasteiger partial charge in [-0.1, -0.05) is 46.9 Å². The Morgan fingerprint density at radius 3 is 2.78 bits per heavy atom. The highest BCUT2D eigenvalue weighted by Crippen LogP contribution is 2.36. The Morgan fingerprint density at radius 1 is 1.33 bits per heavy atom. The van der Waals surface area contributed by atoms with Crippen molar-refractivity contribution < 1.29 is 0 Å². The van der Waals surface area contributed by atoms with Crippen LogP contribution in [0.4, 0.5) is 0 Å². The SMILES string of the molecule is CCCC(N)c1ccc(-c2ccc(Br)cc2Cl)s1. The van der Waals surface area contributed by atoms with Gasteiger partial charge in [-0.25, -0.2) is 0 Å². The summed E-state index contributed by atoms with van der Waals surface area (Å²) in [5.41, 5.74) is 7.20. The molecule has 4 heteroatoms. The molecule has 0 aliphatic carbocycles. The second kappa shape index (κ2) is 6.20. The Hall–Kier alpha value is -0.350. The first-order valence-electron chi connectivity index (χ1n) is 5.92. The van der Waals surface area contributed by atoms with Gasteiger partial charge < -0.3 is 5.73 Å². The van der Waals surface area contributed by atoms with Crippen molar-refractivity contribution in [3.05, 3.63) is 44.7 Å². The third kappa shape index (κ3) is 3.15. The van der Waals surface area contributed by atoms with Crippen molar-refractivity contribution in [3.63, 3.8) is 0 Å². The van der Waals surface area contributed by atoms with E-state index in [1.54, 1.807) is 11.3 Å². The van der Waals surface area contributed by atoms with E-state index in [-0.39, 0.29) is 6.04 Å². The summed E-state index contributed by atoms with van der Waals surface area (Å²) in [6, 6.07) is 10.3. The van der Waals surface area contributed by atoms with E-state index in [4.69, 9.17) is 17.3 Å². The second-order valence-corrected chi connectivity index (χ2v) is 6.66. The van der Waals surface area contributed by atoms with Crippen molar-refractivity contribution >= 4 is 38.9 Å². The van der Waals surface area contributed by atoms with Gasteiger partial charge in [0, 0.05) is 25.8 Å². The van der Waals surface area contributed by atoms with Gasteiger partial charge in [-0.05, 0) is 30.7 Å². The van der Waals surface area contributed by atoms with E-state index in [0.717, 1.165) is 27.9 Å². The Morgan fingerprint density at radius 2 is 2.11 bits per heavy atom. The van der Waals surface area contributed by atoms with Gasteiger partial charge in [0.15, 0.2) is 0 Å². The van der Waals surface area contributed by atoms with E-state index >= 15 is 0 Å². The lowest BCUT2D eigenvalue weighted by Crippen LogP contribution is -2.07. The molecule has 0 saturated heterocycles. The molecule has 2 N–H and O–H groups in total. The Bertz CT molecular complexity index is 538. The normalized spacial score (nSPS) is 12.7. The predicted octanol–water partition coefficient (Wildman–Crippen LogP) is 5.63. The number of thiophene rings is 1. The summed E-state index contributed by atoms with van der Waals surface area (Å²) in [5, 5.41) is 0.766. The molecule has 0 aliphatic rings. The van der Waals surface area contributed by atoms with Gasteiger partial charge in [0.1, 0.15) is 0 Å².